The fraction of sp³-hybridized carbons (Fsp3) is 0.417. The highest BCUT2D eigenvalue weighted by Gasteiger charge is 2.14. The number of hydrogen-bond donors (Lipinski definition) is 2. The summed E-state index contributed by atoms with van der Waals surface area (Å²) >= 11 is 5.77. The molecule has 0 aromatic heterocycles. The fourth-order valence-corrected chi connectivity index (χ4v) is 1.65. The first-order valence-corrected chi connectivity index (χ1v) is 5.81. The van der Waals surface area contributed by atoms with Gasteiger partial charge in [-0.1, -0.05) is 18.5 Å². The molecule has 17 heavy (non-hydrogen) atoms. The van der Waals surface area contributed by atoms with Crippen LogP contribution < -0.4 is 11.1 Å². The molecular formula is C12H17ClN2O2. The van der Waals surface area contributed by atoms with Crippen molar-refractivity contribution in [1.82, 2.24) is 5.32 Å². The molecule has 5 heteroatoms. The smallest absolute Gasteiger partial charge is 0.253 e. The Labute approximate surface area is 106 Å². The van der Waals surface area contributed by atoms with Crippen molar-refractivity contribution < 1.29 is 9.53 Å². The monoisotopic (exact) mass is 256 g/mol. The standard InChI is InChI=1S/C12H17ClN2O2/c1-3-9(7-17-2)15-12(16)10-5-4-8(13)6-11(10)14/h4-6,9H,3,7,14H2,1-2H3,(H,15,16). The molecule has 1 rings (SSSR count). The van der Waals surface area contributed by atoms with Gasteiger partial charge in [-0.15, -0.1) is 0 Å². The molecule has 3 N–H and O–H groups in total. The maximum absolute atomic E-state index is 11.9. The summed E-state index contributed by atoms with van der Waals surface area (Å²) in [6.45, 7) is 2.46. The van der Waals surface area contributed by atoms with Crippen molar-refractivity contribution >= 4 is 23.2 Å². The largest absolute Gasteiger partial charge is 0.398 e. The second-order valence-corrected chi connectivity index (χ2v) is 4.20. The van der Waals surface area contributed by atoms with Crippen molar-refractivity contribution in [3.05, 3.63) is 28.8 Å². The number of ether oxygens (including phenoxy) is 1. The Morgan fingerprint density at radius 1 is 1.59 bits per heavy atom. The van der Waals surface area contributed by atoms with Crippen molar-refractivity contribution in [3.63, 3.8) is 0 Å². The molecule has 0 saturated heterocycles. The van der Waals surface area contributed by atoms with Crippen LogP contribution in [0.3, 0.4) is 0 Å². The van der Waals surface area contributed by atoms with Crippen molar-refractivity contribution in [3.8, 4) is 0 Å². The number of anilines is 1. The highest BCUT2D eigenvalue weighted by molar-refractivity contribution is 6.31. The molecule has 1 unspecified atom stereocenters. The molecule has 0 aliphatic carbocycles. The number of hydrogen-bond acceptors (Lipinski definition) is 3. The van der Waals surface area contributed by atoms with E-state index in [1.165, 1.54) is 0 Å². The molecule has 1 atom stereocenters. The first-order chi connectivity index (χ1) is 8.08. The molecule has 0 saturated carbocycles. The summed E-state index contributed by atoms with van der Waals surface area (Å²) in [5, 5.41) is 3.37. The number of methoxy groups -OCH3 is 1. The van der Waals surface area contributed by atoms with Gasteiger partial charge in [0.05, 0.1) is 18.2 Å². The Morgan fingerprint density at radius 3 is 2.82 bits per heavy atom. The number of nitrogen functional groups attached to an aromatic ring is 1. The SMILES string of the molecule is CCC(COC)NC(=O)c1ccc(Cl)cc1N. The lowest BCUT2D eigenvalue weighted by atomic mass is 10.1. The molecule has 4 nitrogen and oxygen atoms in total. The van der Waals surface area contributed by atoms with Gasteiger partial charge in [-0.25, -0.2) is 0 Å². The maximum atomic E-state index is 11.9. The number of nitrogens with two attached hydrogens (primary N) is 1. The quantitative estimate of drug-likeness (QED) is 0.793. The van der Waals surface area contributed by atoms with Gasteiger partial charge >= 0.3 is 0 Å². The Kier molecular flexibility index (Phi) is 5.25. The molecule has 1 aromatic rings. The van der Waals surface area contributed by atoms with Crippen LogP contribution in [0.25, 0.3) is 0 Å². The first-order valence-electron chi connectivity index (χ1n) is 5.43. The molecule has 0 bridgehead atoms. The van der Waals surface area contributed by atoms with Crippen LogP contribution >= 0.6 is 11.6 Å². The van der Waals surface area contributed by atoms with Gasteiger partial charge in [-0.2, -0.15) is 0 Å². The van der Waals surface area contributed by atoms with Gasteiger partial charge < -0.3 is 15.8 Å². The zero-order valence-electron chi connectivity index (χ0n) is 10.00. The van der Waals surface area contributed by atoms with E-state index in [9.17, 15) is 4.79 Å². The molecule has 0 fully saturated rings. The average molecular weight is 257 g/mol. The lowest BCUT2D eigenvalue weighted by Crippen LogP contribution is -2.37. The average Bonchev–Trinajstić information content (AvgIpc) is 2.28. The Morgan fingerprint density at radius 2 is 2.29 bits per heavy atom. The van der Waals surface area contributed by atoms with Crippen LogP contribution in [0.5, 0.6) is 0 Å². The molecule has 0 heterocycles. The molecule has 0 aliphatic rings. The summed E-state index contributed by atoms with van der Waals surface area (Å²) in [6, 6.07) is 4.81. The van der Waals surface area contributed by atoms with Gasteiger partial charge in [0.2, 0.25) is 0 Å². The van der Waals surface area contributed by atoms with E-state index in [0.717, 1.165) is 6.42 Å². The Hall–Kier alpha value is -1.26. The zero-order valence-corrected chi connectivity index (χ0v) is 10.8. The number of nitrogens with one attached hydrogen (secondary N) is 1. The molecule has 0 aliphatic heterocycles. The van der Waals surface area contributed by atoms with Crippen LogP contribution in [0.15, 0.2) is 18.2 Å². The van der Waals surface area contributed by atoms with Crippen molar-refractivity contribution in [2.45, 2.75) is 19.4 Å². The molecule has 1 amide bonds. The molecule has 0 spiro atoms. The van der Waals surface area contributed by atoms with Crippen LogP contribution in [0.2, 0.25) is 5.02 Å². The van der Waals surface area contributed by atoms with E-state index in [-0.39, 0.29) is 11.9 Å². The normalized spacial score (nSPS) is 12.2. The number of carbonyl (C=O) groups is 1. The summed E-state index contributed by atoms with van der Waals surface area (Å²) in [6.07, 6.45) is 0.799. The summed E-state index contributed by atoms with van der Waals surface area (Å²) < 4.78 is 5.01. The highest BCUT2D eigenvalue weighted by atomic mass is 35.5. The number of halogens is 1. The van der Waals surface area contributed by atoms with E-state index in [1.54, 1.807) is 25.3 Å². The number of carbonyl (C=O) groups excluding carboxylic acids is 1. The zero-order chi connectivity index (χ0) is 12.8. The second-order valence-electron chi connectivity index (χ2n) is 3.77. The lowest BCUT2D eigenvalue weighted by Gasteiger charge is -2.16. The third-order valence-corrected chi connectivity index (χ3v) is 2.69. The van der Waals surface area contributed by atoms with E-state index in [4.69, 9.17) is 22.1 Å². The molecule has 94 valence electrons. The lowest BCUT2D eigenvalue weighted by molar-refractivity contribution is 0.0895. The summed E-state index contributed by atoms with van der Waals surface area (Å²) in [5.41, 5.74) is 6.55. The number of amides is 1. The van der Waals surface area contributed by atoms with Gasteiger partial charge in [0.15, 0.2) is 0 Å². The Bertz CT molecular complexity index is 396. The molecule has 1 aromatic carbocycles. The van der Waals surface area contributed by atoms with Crippen LogP contribution in [0.4, 0.5) is 5.69 Å². The summed E-state index contributed by atoms with van der Waals surface area (Å²) in [5.74, 6) is -0.205. The third-order valence-electron chi connectivity index (χ3n) is 2.45. The second kappa shape index (κ2) is 6.47. The third kappa shape index (κ3) is 3.91. The molecular weight excluding hydrogens is 240 g/mol. The van der Waals surface area contributed by atoms with Gasteiger partial charge in [0, 0.05) is 17.8 Å². The fourth-order valence-electron chi connectivity index (χ4n) is 1.47. The van der Waals surface area contributed by atoms with Gasteiger partial charge in [-0.05, 0) is 24.6 Å². The highest BCUT2D eigenvalue weighted by Crippen LogP contribution is 2.18. The van der Waals surface area contributed by atoms with Crippen molar-refractivity contribution in [2.24, 2.45) is 0 Å². The topological polar surface area (TPSA) is 64.3 Å². The minimum atomic E-state index is -0.205. The number of rotatable bonds is 5. The first kappa shape index (κ1) is 13.8. The predicted octanol–water partition coefficient (Wildman–Crippen LogP) is 2.08. The van der Waals surface area contributed by atoms with Gasteiger partial charge in [0.25, 0.3) is 5.91 Å². The van der Waals surface area contributed by atoms with Crippen LogP contribution in [-0.2, 0) is 4.74 Å². The minimum absolute atomic E-state index is 0.0115. The van der Waals surface area contributed by atoms with Gasteiger partial charge in [0.1, 0.15) is 0 Å². The predicted molar refractivity (Wildman–Crippen MR) is 69.3 cm³/mol. The van der Waals surface area contributed by atoms with Gasteiger partial charge in [-0.3, -0.25) is 4.79 Å². The summed E-state index contributed by atoms with van der Waals surface area (Å²) in [7, 11) is 1.60. The van der Waals surface area contributed by atoms with E-state index < -0.39 is 0 Å². The maximum Gasteiger partial charge on any atom is 0.253 e. The molecule has 0 radical (unpaired) electrons. The van der Waals surface area contributed by atoms with Crippen LogP contribution in [0, 0.1) is 0 Å². The van der Waals surface area contributed by atoms with E-state index in [0.29, 0.717) is 22.9 Å². The number of benzene rings is 1. The van der Waals surface area contributed by atoms with E-state index in [1.807, 2.05) is 6.92 Å². The summed E-state index contributed by atoms with van der Waals surface area (Å²) in [4.78, 5) is 11.9. The van der Waals surface area contributed by atoms with Crippen LogP contribution in [0.1, 0.15) is 23.7 Å². The van der Waals surface area contributed by atoms with E-state index in [2.05, 4.69) is 5.32 Å². The van der Waals surface area contributed by atoms with E-state index >= 15 is 0 Å². The van der Waals surface area contributed by atoms with Crippen LogP contribution in [-0.4, -0.2) is 25.7 Å². The Balaban J connectivity index is 2.75. The van der Waals surface area contributed by atoms with Crippen molar-refractivity contribution in [1.29, 1.82) is 0 Å². The minimum Gasteiger partial charge on any atom is -0.398 e. The van der Waals surface area contributed by atoms with Crippen molar-refractivity contribution in [2.75, 3.05) is 19.5 Å².